The second kappa shape index (κ2) is 6.74. The van der Waals surface area contributed by atoms with E-state index in [1.807, 2.05) is 12.1 Å². The fourth-order valence-electron chi connectivity index (χ4n) is 2.84. The number of para-hydroxylation sites is 2. The fourth-order valence-corrected chi connectivity index (χ4v) is 2.84. The molecule has 0 spiro atoms. The predicted octanol–water partition coefficient (Wildman–Crippen LogP) is 3.36. The van der Waals surface area contributed by atoms with Crippen LogP contribution in [-0.2, 0) is 9.53 Å². The van der Waals surface area contributed by atoms with E-state index < -0.39 is 23.1 Å². The van der Waals surface area contributed by atoms with Crippen molar-refractivity contribution in [2.24, 2.45) is 0 Å². The maximum atomic E-state index is 13.6. The summed E-state index contributed by atoms with van der Waals surface area (Å²) < 4.78 is 31.6. The lowest BCUT2D eigenvalue weighted by Gasteiger charge is -2.39. The van der Waals surface area contributed by atoms with Crippen molar-refractivity contribution in [2.45, 2.75) is 19.4 Å². The van der Waals surface area contributed by atoms with Crippen LogP contribution in [0, 0.1) is 11.6 Å². The average molecular weight is 360 g/mol. The average Bonchev–Trinajstić information content (AvgIpc) is 2.57. The third-order valence-electron chi connectivity index (χ3n) is 4.12. The van der Waals surface area contributed by atoms with Crippen molar-refractivity contribution in [2.75, 3.05) is 23.4 Å². The SMILES string of the molecule is CC1(C)Nc2ccccc2N(CCOC(=O)c2ccc(F)cc2F)C1=O. The minimum absolute atomic E-state index is 0.119. The lowest BCUT2D eigenvalue weighted by molar-refractivity contribution is -0.122. The molecule has 1 amide bonds. The highest BCUT2D eigenvalue weighted by Gasteiger charge is 2.38. The highest BCUT2D eigenvalue weighted by molar-refractivity contribution is 6.07. The van der Waals surface area contributed by atoms with E-state index in [0.717, 1.165) is 17.8 Å². The molecule has 0 atom stereocenters. The maximum Gasteiger partial charge on any atom is 0.341 e. The van der Waals surface area contributed by atoms with Gasteiger partial charge in [0.05, 0.1) is 23.5 Å². The first kappa shape index (κ1) is 17.8. The van der Waals surface area contributed by atoms with E-state index in [4.69, 9.17) is 4.74 Å². The molecule has 2 aromatic carbocycles. The molecule has 0 saturated heterocycles. The Balaban J connectivity index is 1.71. The van der Waals surface area contributed by atoms with E-state index in [1.165, 1.54) is 4.90 Å². The first-order valence-electron chi connectivity index (χ1n) is 8.11. The van der Waals surface area contributed by atoms with Gasteiger partial charge in [-0.3, -0.25) is 4.79 Å². The van der Waals surface area contributed by atoms with Gasteiger partial charge in [-0.05, 0) is 38.1 Å². The standard InChI is InChI=1S/C19H18F2N2O3/c1-19(2)18(25)23(16-6-4-3-5-15(16)22-19)9-10-26-17(24)13-8-7-12(20)11-14(13)21/h3-8,11,22H,9-10H2,1-2H3. The molecule has 1 aliphatic heterocycles. The van der Waals surface area contributed by atoms with Crippen molar-refractivity contribution < 1.29 is 23.1 Å². The molecule has 7 heteroatoms. The van der Waals surface area contributed by atoms with Gasteiger partial charge in [-0.25, -0.2) is 13.6 Å². The van der Waals surface area contributed by atoms with Crippen LogP contribution < -0.4 is 10.2 Å². The molecule has 1 N–H and O–H groups in total. The summed E-state index contributed by atoms with van der Waals surface area (Å²) in [5, 5.41) is 3.17. The Hall–Kier alpha value is -2.96. The summed E-state index contributed by atoms with van der Waals surface area (Å²) in [4.78, 5) is 26.2. The number of benzene rings is 2. The van der Waals surface area contributed by atoms with Gasteiger partial charge in [0.2, 0.25) is 0 Å². The number of esters is 1. The lowest BCUT2D eigenvalue weighted by atomic mass is 9.98. The second-order valence-electron chi connectivity index (χ2n) is 6.48. The Bertz CT molecular complexity index is 868. The zero-order valence-electron chi connectivity index (χ0n) is 14.4. The molecule has 136 valence electrons. The van der Waals surface area contributed by atoms with Crippen LogP contribution in [0.25, 0.3) is 0 Å². The van der Waals surface area contributed by atoms with E-state index in [-0.39, 0.29) is 24.6 Å². The van der Waals surface area contributed by atoms with Crippen molar-refractivity contribution in [1.29, 1.82) is 0 Å². The number of nitrogens with one attached hydrogen (secondary N) is 1. The molecule has 5 nitrogen and oxygen atoms in total. The van der Waals surface area contributed by atoms with Gasteiger partial charge in [-0.2, -0.15) is 0 Å². The van der Waals surface area contributed by atoms with Crippen LogP contribution in [0.1, 0.15) is 24.2 Å². The predicted molar refractivity (Wildman–Crippen MR) is 93.1 cm³/mol. The Morgan fingerprint density at radius 1 is 1.19 bits per heavy atom. The summed E-state index contributed by atoms with van der Waals surface area (Å²) in [6, 6.07) is 9.94. The highest BCUT2D eigenvalue weighted by atomic mass is 19.1. The van der Waals surface area contributed by atoms with Gasteiger partial charge in [-0.1, -0.05) is 12.1 Å². The molecule has 2 aromatic rings. The summed E-state index contributed by atoms with van der Waals surface area (Å²) in [5.74, 6) is -2.83. The Kier molecular flexibility index (Phi) is 4.63. The van der Waals surface area contributed by atoms with E-state index in [1.54, 1.807) is 26.0 Å². The second-order valence-corrected chi connectivity index (χ2v) is 6.48. The van der Waals surface area contributed by atoms with Crippen molar-refractivity contribution >= 4 is 23.3 Å². The lowest BCUT2D eigenvalue weighted by Crippen LogP contribution is -2.54. The van der Waals surface area contributed by atoms with E-state index in [9.17, 15) is 18.4 Å². The first-order chi connectivity index (χ1) is 12.3. The number of nitrogens with zero attached hydrogens (tertiary/aromatic N) is 1. The first-order valence-corrected chi connectivity index (χ1v) is 8.11. The van der Waals surface area contributed by atoms with Crippen LogP contribution >= 0.6 is 0 Å². The number of hydrogen-bond acceptors (Lipinski definition) is 4. The summed E-state index contributed by atoms with van der Waals surface area (Å²) in [5.41, 5.74) is 0.328. The monoisotopic (exact) mass is 360 g/mol. The quantitative estimate of drug-likeness (QED) is 0.850. The number of amides is 1. The summed E-state index contributed by atoms with van der Waals surface area (Å²) in [6.45, 7) is 3.53. The molecule has 0 radical (unpaired) electrons. The van der Waals surface area contributed by atoms with Gasteiger partial charge in [0.1, 0.15) is 23.8 Å². The molecule has 3 rings (SSSR count). The minimum atomic E-state index is -0.986. The smallest absolute Gasteiger partial charge is 0.341 e. The van der Waals surface area contributed by atoms with E-state index in [0.29, 0.717) is 11.8 Å². The van der Waals surface area contributed by atoms with Gasteiger partial charge in [0.25, 0.3) is 5.91 Å². The topological polar surface area (TPSA) is 58.6 Å². The number of carbonyl (C=O) groups is 2. The number of anilines is 2. The third kappa shape index (κ3) is 3.37. The van der Waals surface area contributed by atoms with Crippen molar-refractivity contribution in [1.82, 2.24) is 0 Å². The Morgan fingerprint density at radius 2 is 1.92 bits per heavy atom. The van der Waals surface area contributed by atoms with Gasteiger partial charge in [0, 0.05) is 6.07 Å². The van der Waals surface area contributed by atoms with Gasteiger partial charge in [0.15, 0.2) is 0 Å². The van der Waals surface area contributed by atoms with Crippen LogP contribution in [0.2, 0.25) is 0 Å². The molecule has 0 saturated carbocycles. The summed E-state index contributed by atoms with van der Waals surface area (Å²) in [7, 11) is 0. The van der Waals surface area contributed by atoms with Gasteiger partial charge >= 0.3 is 5.97 Å². The van der Waals surface area contributed by atoms with Crippen LogP contribution in [0.3, 0.4) is 0 Å². The molecule has 0 bridgehead atoms. The molecule has 0 aromatic heterocycles. The molecule has 1 aliphatic rings. The molecule has 0 fully saturated rings. The number of carbonyl (C=O) groups excluding carboxylic acids is 2. The van der Waals surface area contributed by atoms with Crippen LogP contribution in [-0.4, -0.2) is 30.6 Å². The third-order valence-corrected chi connectivity index (χ3v) is 4.12. The van der Waals surface area contributed by atoms with E-state index >= 15 is 0 Å². The number of hydrogen-bond donors (Lipinski definition) is 1. The minimum Gasteiger partial charge on any atom is -0.460 e. The number of ether oxygens (including phenoxy) is 1. The molecule has 0 aliphatic carbocycles. The summed E-state index contributed by atoms with van der Waals surface area (Å²) in [6.07, 6.45) is 0. The van der Waals surface area contributed by atoms with Gasteiger partial charge < -0.3 is 15.0 Å². The Labute approximate surface area is 149 Å². The van der Waals surface area contributed by atoms with Crippen LogP contribution in [0.4, 0.5) is 20.2 Å². The van der Waals surface area contributed by atoms with Crippen LogP contribution in [0.5, 0.6) is 0 Å². The van der Waals surface area contributed by atoms with Crippen molar-refractivity contribution in [3.8, 4) is 0 Å². The maximum absolute atomic E-state index is 13.6. The number of halogens is 2. The fraction of sp³-hybridized carbons (Fsp3) is 0.263. The molecular formula is C19H18F2N2O3. The van der Waals surface area contributed by atoms with Crippen molar-refractivity contribution in [3.05, 3.63) is 59.7 Å². The molecule has 0 unspecified atom stereocenters. The normalized spacial score (nSPS) is 15.2. The largest absolute Gasteiger partial charge is 0.460 e. The van der Waals surface area contributed by atoms with Crippen LogP contribution in [0.15, 0.2) is 42.5 Å². The molecule has 26 heavy (non-hydrogen) atoms. The Morgan fingerprint density at radius 3 is 2.65 bits per heavy atom. The van der Waals surface area contributed by atoms with Gasteiger partial charge in [-0.15, -0.1) is 0 Å². The highest BCUT2D eigenvalue weighted by Crippen LogP contribution is 2.34. The van der Waals surface area contributed by atoms with E-state index in [2.05, 4.69) is 5.32 Å². The van der Waals surface area contributed by atoms with Crippen molar-refractivity contribution in [3.63, 3.8) is 0 Å². The zero-order chi connectivity index (χ0) is 18.9. The molecule has 1 heterocycles. The molecular weight excluding hydrogens is 342 g/mol. The number of rotatable bonds is 4. The zero-order valence-corrected chi connectivity index (χ0v) is 14.4. The number of fused-ring (bicyclic) bond motifs is 1. The summed E-state index contributed by atoms with van der Waals surface area (Å²) >= 11 is 0.